The highest BCUT2D eigenvalue weighted by molar-refractivity contribution is 6.21. The summed E-state index contributed by atoms with van der Waals surface area (Å²) in [7, 11) is 1.77. The molecule has 0 spiro atoms. The van der Waals surface area contributed by atoms with Gasteiger partial charge in [0.2, 0.25) is 0 Å². The summed E-state index contributed by atoms with van der Waals surface area (Å²) in [6.45, 7) is 1.96. The third-order valence-electron chi connectivity index (χ3n) is 7.25. The zero-order valence-electron chi connectivity index (χ0n) is 21.5. The van der Waals surface area contributed by atoms with E-state index in [4.69, 9.17) is 4.98 Å². The second-order valence-electron chi connectivity index (χ2n) is 9.51. The number of amides is 2. The summed E-state index contributed by atoms with van der Waals surface area (Å²) in [5, 5.41) is 0.399. The SMILES string of the molecule is Cc1c(-n2c(CCCN3C(=O)c4ccccc4C3=O)nc3ccccc3c2=O)c(=O)n(-c2ccccc2)n1C. The molecule has 9 nitrogen and oxygen atoms in total. The predicted octanol–water partition coefficient (Wildman–Crippen LogP) is 3.41. The van der Waals surface area contributed by atoms with E-state index in [0.717, 1.165) is 0 Å². The Balaban J connectivity index is 1.42. The van der Waals surface area contributed by atoms with Gasteiger partial charge in [-0.15, -0.1) is 0 Å². The van der Waals surface area contributed by atoms with Gasteiger partial charge in [-0.2, -0.15) is 0 Å². The number of aryl methyl sites for hydroxylation is 1. The number of nitrogens with zero attached hydrogens (tertiary/aromatic N) is 5. The Morgan fingerprint density at radius 3 is 2.05 bits per heavy atom. The Morgan fingerprint density at radius 1 is 0.744 bits per heavy atom. The van der Waals surface area contributed by atoms with E-state index in [1.54, 1.807) is 67.2 Å². The van der Waals surface area contributed by atoms with Crippen LogP contribution in [0.3, 0.4) is 0 Å². The normalized spacial score (nSPS) is 12.9. The van der Waals surface area contributed by atoms with Gasteiger partial charge < -0.3 is 0 Å². The predicted molar refractivity (Wildman–Crippen MR) is 147 cm³/mol. The van der Waals surface area contributed by atoms with Crippen LogP contribution >= 0.6 is 0 Å². The van der Waals surface area contributed by atoms with Crippen LogP contribution in [0.25, 0.3) is 22.3 Å². The van der Waals surface area contributed by atoms with Crippen molar-refractivity contribution in [1.29, 1.82) is 0 Å². The van der Waals surface area contributed by atoms with Crippen LogP contribution in [-0.4, -0.2) is 42.2 Å². The van der Waals surface area contributed by atoms with E-state index in [9.17, 15) is 19.2 Å². The zero-order chi connectivity index (χ0) is 27.3. The summed E-state index contributed by atoms with van der Waals surface area (Å²) in [4.78, 5) is 59.3. The molecule has 1 aliphatic heterocycles. The third-order valence-corrected chi connectivity index (χ3v) is 7.25. The average molecular weight is 520 g/mol. The molecule has 0 atom stereocenters. The molecule has 0 N–H and O–H groups in total. The lowest BCUT2D eigenvalue weighted by Gasteiger charge is -2.16. The molecular weight excluding hydrogens is 494 g/mol. The summed E-state index contributed by atoms with van der Waals surface area (Å²) in [5.41, 5.74) is 2.11. The van der Waals surface area contributed by atoms with Crippen molar-refractivity contribution in [3.8, 4) is 11.4 Å². The molecule has 2 amide bonds. The fourth-order valence-corrected chi connectivity index (χ4v) is 5.23. The number of hydrogen-bond acceptors (Lipinski definition) is 5. The molecule has 0 fully saturated rings. The minimum absolute atomic E-state index is 0.164. The van der Waals surface area contributed by atoms with Gasteiger partial charge in [-0.05, 0) is 49.7 Å². The largest absolute Gasteiger partial charge is 0.296 e. The van der Waals surface area contributed by atoms with E-state index < -0.39 is 0 Å². The fourth-order valence-electron chi connectivity index (χ4n) is 5.23. The standard InChI is InChI=1S/C30H25N5O4/c1-19-26(30(39)35(32(19)2)20-11-4-3-5-12-20)34-25(31-24-16-9-8-15-23(24)29(34)38)17-10-18-33-27(36)21-13-6-7-14-22(21)28(33)37/h3-9,11-16H,10,17-18H2,1-2H3. The first-order valence-electron chi connectivity index (χ1n) is 12.7. The van der Waals surface area contributed by atoms with Gasteiger partial charge in [0.1, 0.15) is 11.5 Å². The Kier molecular flexibility index (Phi) is 5.83. The Morgan fingerprint density at radius 2 is 1.36 bits per heavy atom. The summed E-state index contributed by atoms with van der Waals surface area (Å²) < 4.78 is 4.63. The van der Waals surface area contributed by atoms with Gasteiger partial charge in [-0.25, -0.2) is 9.67 Å². The van der Waals surface area contributed by atoms with Crippen LogP contribution in [-0.2, 0) is 13.5 Å². The number of fused-ring (bicyclic) bond motifs is 2. The molecule has 9 heteroatoms. The molecule has 0 bridgehead atoms. The van der Waals surface area contributed by atoms with Gasteiger partial charge in [0.25, 0.3) is 22.9 Å². The molecular formula is C30H25N5O4. The van der Waals surface area contributed by atoms with Crippen molar-refractivity contribution in [2.45, 2.75) is 19.8 Å². The maximum absolute atomic E-state index is 13.8. The van der Waals surface area contributed by atoms with E-state index >= 15 is 0 Å². The zero-order valence-corrected chi connectivity index (χ0v) is 21.5. The number of carbonyl (C=O) groups is 2. The minimum Gasteiger partial charge on any atom is -0.283 e. The van der Waals surface area contributed by atoms with Gasteiger partial charge in [-0.3, -0.25) is 33.3 Å². The molecule has 3 heterocycles. The van der Waals surface area contributed by atoms with Crippen molar-refractivity contribution >= 4 is 22.7 Å². The molecule has 0 aliphatic carbocycles. The van der Waals surface area contributed by atoms with Crippen LogP contribution in [0.1, 0.15) is 38.7 Å². The number of benzene rings is 3. The Bertz CT molecular complexity index is 1860. The molecule has 1 aliphatic rings. The third kappa shape index (κ3) is 3.82. The number of hydrogen-bond donors (Lipinski definition) is 0. The van der Waals surface area contributed by atoms with Crippen LogP contribution < -0.4 is 11.1 Å². The molecule has 2 aromatic heterocycles. The van der Waals surface area contributed by atoms with Crippen molar-refractivity contribution < 1.29 is 9.59 Å². The number of rotatable bonds is 6. The maximum atomic E-state index is 13.8. The molecule has 0 saturated heterocycles. The number of aromatic nitrogens is 4. The first kappa shape index (κ1) is 24.3. The van der Waals surface area contributed by atoms with E-state index in [2.05, 4.69) is 0 Å². The lowest BCUT2D eigenvalue weighted by molar-refractivity contribution is 0.0652. The highest BCUT2D eigenvalue weighted by atomic mass is 16.2. The second kappa shape index (κ2) is 9.36. The van der Waals surface area contributed by atoms with Crippen molar-refractivity contribution in [3.63, 3.8) is 0 Å². The highest BCUT2D eigenvalue weighted by Gasteiger charge is 2.34. The second-order valence-corrected chi connectivity index (χ2v) is 9.51. The lowest BCUT2D eigenvalue weighted by atomic mass is 10.1. The Labute approximate surface area is 223 Å². The van der Waals surface area contributed by atoms with Crippen LogP contribution in [0.5, 0.6) is 0 Å². The lowest BCUT2D eigenvalue weighted by Crippen LogP contribution is -2.32. The summed E-state index contributed by atoms with van der Waals surface area (Å²) >= 11 is 0. The monoisotopic (exact) mass is 519 g/mol. The molecule has 6 rings (SSSR count). The molecule has 0 saturated carbocycles. The quantitative estimate of drug-likeness (QED) is 0.320. The molecule has 0 radical (unpaired) electrons. The highest BCUT2D eigenvalue weighted by Crippen LogP contribution is 2.23. The summed E-state index contributed by atoms with van der Waals surface area (Å²) in [6.07, 6.45) is 0.640. The van der Waals surface area contributed by atoms with Gasteiger partial charge in [-0.1, -0.05) is 42.5 Å². The number of para-hydroxylation sites is 2. The van der Waals surface area contributed by atoms with Crippen molar-refractivity contribution in [1.82, 2.24) is 23.8 Å². The number of imide groups is 1. The van der Waals surface area contributed by atoms with Crippen molar-refractivity contribution in [2.24, 2.45) is 7.05 Å². The average Bonchev–Trinajstić information content (AvgIpc) is 3.33. The van der Waals surface area contributed by atoms with E-state index in [0.29, 0.717) is 45.7 Å². The van der Waals surface area contributed by atoms with Crippen molar-refractivity contribution in [3.05, 3.63) is 122 Å². The minimum atomic E-state index is -0.345. The summed E-state index contributed by atoms with van der Waals surface area (Å²) in [5.74, 6) is -0.269. The fraction of sp³-hybridized carbons (Fsp3) is 0.167. The topological polar surface area (TPSA) is 99.2 Å². The first-order chi connectivity index (χ1) is 18.9. The summed E-state index contributed by atoms with van der Waals surface area (Å²) in [6, 6.07) is 23.0. The van der Waals surface area contributed by atoms with E-state index in [1.165, 1.54) is 14.1 Å². The van der Waals surface area contributed by atoms with Crippen LogP contribution in [0.2, 0.25) is 0 Å². The van der Waals surface area contributed by atoms with Gasteiger partial charge in [0.15, 0.2) is 0 Å². The van der Waals surface area contributed by atoms with Gasteiger partial charge >= 0.3 is 0 Å². The Hall–Kier alpha value is -5.05. The van der Waals surface area contributed by atoms with Crippen molar-refractivity contribution in [2.75, 3.05) is 6.54 Å². The molecule has 3 aromatic carbocycles. The van der Waals surface area contributed by atoms with Gasteiger partial charge in [0, 0.05) is 20.0 Å². The van der Waals surface area contributed by atoms with E-state index in [1.807, 2.05) is 30.3 Å². The van der Waals surface area contributed by atoms with Crippen LogP contribution in [0, 0.1) is 6.92 Å². The smallest absolute Gasteiger partial charge is 0.283 e. The van der Waals surface area contributed by atoms with E-state index in [-0.39, 0.29) is 41.6 Å². The van der Waals surface area contributed by atoms with Crippen LogP contribution in [0.15, 0.2) is 88.5 Å². The molecule has 5 aromatic rings. The van der Waals surface area contributed by atoms with Crippen LogP contribution in [0.4, 0.5) is 0 Å². The first-order valence-corrected chi connectivity index (χ1v) is 12.7. The molecule has 0 unspecified atom stereocenters. The van der Waals surface area contributed by atoms with Gasteiger partial charge in [0.05, 0.1) is 33.4 Å². The molecule has 194 valence electrons. The maximum Gasteiger partial charge on any atom is 0.296 e. The number of carbonyl (C=O) groups excluding carboxylic acids is 2. The molecule has 39 heavy (non-hydrogen) atoms.